The Morgan fingerprint density at radius 1 is 1.12 bits per heavy atom. The SMILES string of the molecule is CS(=O)(=O)N(CCNC(=O)COc1ccccc1)Cc1ccccc1Cl. The van der Waals surface area contributed by atoms with Crippen molar-refractivity contribution < 1.29 is 17.9 Å². The Labute approximate surface area is 158 Å². The van der Waals surface area contributed by atoms with Crippen molar-refractivity contribution >= 4 is 27.5 Å². The van der Waals surface area contributed by atoms with E-state index in [0.717, 1.165) is 6.26 Å². The molecule has 8 heteroatoms. The second-order valence-electron chi connectivity index (χ2n) is 5.64. The minimum atomic E-state index is -3.44. The fraction of sp³-hybridized carbons (Fsp3) is 0.278. The lowest BCUT2D eigenvalue weighted by Crippen LogP contribution is -2.39. The van der Waals surface area contributed by atoms with Gasteiger partial charge in [-0.2, -0.15) is 4.31 Å². The van der Waals surface area contributed by atoms with Crippen molar-refractivity contribution in [2.24, 2.45) is 0 Å². The molecule has 2 aromatic carbocycles. The summed E-state index contributed by atoms with van der Waals surface area (Å²) in [4.78, 5) is 11.8. The first-order valence-corrected chi connectivity index (χ1v) is 10.2. The van der Waals surface area contributed by atoms with E-state index in [0.29, 0.717) is 16.3 Å². The van der Waals surface area contributed by atoms with E-state index in [4.69, 9.17) is 16.3 Å². The molecule has 0 saturated carbocycles. The summed E-state index contributed by atoms with van der Waals surface area (Å²) >= 11 is 6.09. The molecule has 0 aliphatic heterocycles. The third-order valence-electron chi connectivity index (χ3n) is 3.57. The Hall–Kier alpha value is -2.09. The van der Waals surface area contributed by atoms with Crippen LogP contribution in [-0.2, 0) is 21.4 Å². The quantitative estimate of drug-likeness (QED) is 0.705. The van der Waals surface area contributed by atoms with E-state index >= 15 is 0 Å². The van der Waals surface area contributed by atoms with Crippen LogP contribution in [0.2, 0.25) is 5.02 Å². The highest BCUT2D eigenvalue weighted by atomic mass is 35.5. The number of carbonyl (C=O) groups excluding carboxylic acids is 1. The zero-order valence-corrected chi connectivity index (χ0v) is 16.0. The Bertz CT molecular complexity index is 828. The molecule has 26 heavy (non-hydrogen) atoms. The summed E-state index contributed by atoms with van der Waals surface area (Å²) in [7, 11) is -3.44. The number of amides is 1. The summed E-state index contributed by atoms with van der Waals surface area (Å²) in [5, 5.41) is 3.15. The molecule has 0 aliphatic rings. The van der Waals surface area contributed by atoms with Crippen LogP contribution in [0.25, 0.3) is 0 Å². The lowest BCUT2D eigenvalue weighted by atomic mass is 10.2. The molecule has 0 spiro atoms. The monoisotopic (exact) mass is 396 g/mol. The first kappa shape index (κ1) is 20.2. The smallest absolute Gasteiger partial charge is 0.257 e. The van der Waals surface area contributed by atoms with Crippen molar-refractivity contribution in [2.45, 2.75) is 6.54 Å². The zero-order chi connectivity index (χ0) is 19.0. The first-order chi connectivity index (χ1) is 12.4. The number of carbonyl (C=O) groups is 1. The summed E-state index contributed by atoms with van der Waals surface area (Å²) in [5.74, 6) is 0.277. The van der Waals surface area contributed by atoms with E-state index in [2.05, 4.69) is 5.32 Å². The molecule has 0 unspecified atom stereocenters. The van der Waals surface area contributed by atoms with Crippen molar-refractivity contribution in [1.29, 1.82) is 0 Å². The van der Waals surface area contributed by atoms with Crippen LogP contribution in [0.5, 0.6) is 5.75 Å². The number of hydrogen-bond donors (Lipinski definition) is 1. The fourth-order valence-electron chi connectivity index (χ4n) is 2.22. The van der Waals surface area contributed by atoms with Crippen LogP contribution < -0.4 is 10.1 Å². The molecule has 0 saturated heterocycles. The molecule has 1 amide bonds. The third kappa shape index (κ3) is 6.67. The molecule has 6 nitrogen and oxygen atoms in total. The summed E-state index contributed by atoms with van der Waals surface area (Å²) in [6, 6.07) is 16.0. The number of sulfonamides is 1. The van der Waals surface area contributed by atoms with Gasteiger partial charge in [0.25, 0.3) is 5.91 Å². The molecule has 0 aliphatic carbocycles. The van der Waals surface area contributed by atoms with Gasteiger partial charge in [0, 0.05) is 24.7 Å². The van der Waals surface area contributed by atoms with Gasteiger partial charge in [-0.05, 0) is 23.8 Å². The molecule has 140 valence electrons. The molecule has 0 heterocycles. The van der Waals surface area contributed by atoms with Crippen LogP contribution in [0.1, 0.15) is 5.56 Å². The molecule has 0 fully saturated rings. The number of hydrogen-bond acceptors (Lipinski definition) is 4. The van der Waals surface area contributed by atoms with Crippen LogP contribution in [0.4, 0.5) is 0 Å². The largest absolute Gasteiger partial charge is 0.484 e. The highest BCUT2D eigenvalue weighted by Crippen LogP contribution is 2.18. The third-order valence-corrected chi connectivity index (χ3v) is 5.19. The normalized spacial score (nSPS) is 11.3. The predicted molar refractivity (Wildman–Crippen MR) is 102 cm³/mol. The zero-order valence-electron chi connectivity index (χ0n) is 14.4. The van der Waals surface area contributed by atoms with E-state index < -0.39 is 10.0 Å². The average molecular weight is 397 g/mol. The first-order valence-electron chi connectivity index (χ1n) is 7.99. The Morgan fingerprint density at radius 3 is 2.42 bits per heavy atom. The molecule has 0 bridgehead atoms. The lowest BCUT2D eigenvalue weighted by molar-refractivity contribution is -0.123. The van der Waals surface area contributed by atoms with Gasteiger partial charge in [0.1, 0.15) is 5.75 Å². The van der Waals surface area contributed by atoms with Crippen LogP contribution in [0, 0.1) is 0 Å². The number of ether oxygens (including phenoxy) is 1. The maximum Gasteiger partial charge on any atom is 0.257 e. The maximum absolute atomic E-state index is 12.0. The van der Waals surface area contributed by atoms with E-state index in [1.165, 1.54) is 4.31 Å². The Balaban J connectivity index is 1.84. The van der Waals surface area contributed by atoms with Gasteiger partial charge in [-0.25, -0.2) is 8.42 Å². The van der Waals surface area contributed by atoms with Crippen LogP contribution in [0.15, 0.2) is 54.6 Å². The lowest BCUT2D eigenvalue weighted by Gasteiger charge is -2.20. The summed E-state index contributed by atoms with van der Waals surface area (Å²) in [6.45, 7) is 0.331. The van der Waals surface area contributed by atoms with Gasteiger partial charge >= 0.3 is 0 Å². The molecule has 2 aromatic rings. The van der Waals surface area contributed by atoms with Crippen LogP contribution in [0.3, 0.4) is 0 Å². The average Bonchev–Trinajstić information content (AvgIpc) is 2.61. The molecule has 0 radical (unpaired) electrons. The van der Waals surface area contributed by atoms with Gasteiger partial charge in [-0.3, -0.25) is 4.79 Å². The number of benzene rings is 2. The topological polar surface area (TPSA) is 75.7 Å². The standard InChI is InChI=1S/C18H21ClN2O4S/c1-26(23,24)21(13-15-7-5-6-10-17(15)19)12-11-20-18(22)14-25-16-8-3-2-4-9-16/h2-10H,11-14H2,1H3,(H,20,22). The second kappa shape index (κ2) is 9.56. The van der Waals surface area contributed by atoms with Gasteiger partial charge in [0.05, 0.1) is 6.26 Å². The number of rotatable bonds is 9. The Kier molecular flexibility index (Phi) is 7.44. The number of halogens is 1. The number of nitrogens with zero attached hydrogens (tertiary/aromatic N) is 1. The second-order valence-corrected chi connectivity index (χ2v) is 8.03. The molecular weight excluding hydrogens is 376 g/mol. The fourth-order valence-corrected chi connectivity index (χ4v) is 3.21. The number of para-hydroxylation sites is 1. The minimum absolute atomic E-state index is 0.132. The van der Waals surface area contributed by atoms with Crippen LogP contribution >= 0.6 is 11.6 Å². The Morgan fingerprint density at radius 2 is 1.77 bits per heavy atom. The van der Waals surface area contributed by atoms with E-state index in [9.17, 15) is 13.2 Å². The molecule has 0 atom stereocenters. The van der Waals surface area contributed by atoms with Crippen molar-refractivity contribution in [3.8, 4) is 5.75 Å². The van der Waals surface area contributed by atoms with Crippen LogP contribution in [-0.4, -0.2) is 44.6 Å². The molecule has 1 N–H and O–H groups in total. The minimum Gasteiger partial charge on any atom is -0.484 e. The van der Waals surface area contributed by atoms with Crippen molar-refractivity contribution in [3.05, 3.63) is 65.2 Å². The van der Waals surface area contributed by atoms with Crippen molar-refractivity contribution in [1.82, 2.24) is 9.62 Å². The van der Waals surface area contributed by atoms with Crippen molar-refractivity contribution in [3.63, 3.8) is 0 Å². The molecule has 2 rings (SSSR count). The van der Waals surface area contributed by atoms with E-state index in [-0.39, 0.29) is 32.1 Å². The van der Waals surface area contributed by atoms with E-state index in [1.54, 1.807) is 36.4 Å². The predicted octanol–water partition coefficient (Wildman–Crippen LogP) is 2.30. The van der Waals surface area contributed by atoms with Gasteiger partial charge < -0.3 is 10.1 Å². The van der Waals surface area contributed by atoms with Crippen molar-refractivity contribution in [2.75, 3.05) is 26.0 Å². The van der Waals surface area contributed by atoms with E-state index in [1.807, 2.05) is 18.2 Å². The van der Waals surface area contributed by atoms with Gasteiger partial charge in [-0.15, -0.1) is 0 Å². The van der Waals surface area contributed by atoms with Gasteiger partial charge in [-0.1, -0.05) is 48.0 Å². The van der Waals surface area contributed by atoms with Gasteiger partial charge in [0.2, 0.25) is 10.0 Å². The molecule has 0 aromatic heterocycles. The highest BCUT2D eigenvalue weighted by Gasteiger charge is 2.18. The molecular formula is C18H21ClN2O4S. The van der Waals surface area contributed by atoms with Gasteiger partial charge in [0.15, 0.2) is 6.61 Å². The maximum atomic E-state index is 12.0. The summed E-state index contributed by atoms with van der Waals surface area (Å²) in [6.07, 6.45) is 1.13. The summed E-state index contributed by atoms with van der Waals surface area (Å²) in [5.41, 5.74) is 0.707. The summed E-state index contributed by atoms with van der Waals surface area (Å²) < 4.78 is 30.6. The number of nitrogens with one attached hydrogen (secondary N) is 1. The highest BCUT2D eigenvalue weighted by molar-refractivity contribution is 7.88.